The first-order valence-electron chi connectivity index (χ1n) is 5.01. The summed E-state index contributed by atoms with van der Waals surface area (Å²) in [6, 6.07) is 4.93. The van der Waals surface area contributed by atoms with E-state index in [2.05, 4.69) is 35.3 Å². The molecule has 0 aromatic carbocycles. The molecule has 0 bridgehead atoms. The molecule has 2 heterocycles. The molecule has 1 saturated heterocycles. The lowest BCUT2D eigenvalue weighted by atomic mass is 10.1. The number of pyridine rings is 1. The first kappa shape index (κ1) is 9.99. The molecule has 0 spiro atoms. The maximum absolute atomic E-state index is 4.41. The van der Waals surface area contributed by atoms with Crippen LogP contribution in [0.4, 0.5) is 0 Å². The second-order valence-electron chi connectivity index (χ2n) is 3.77. The van der Waals surface area contributed by atoms with E-state index in [0.717, 1.165) is 5.03 Å². The van der Waals surface area contributed by atoms with Gasteiger partial charge in [-0.05, 0) is 44.3 Å². The van der Waals surface area contributed by atoms with Gasteiger partial charge in [-0.2, -0.15) is 0 Å². The van der Waals surface area contributed by atoms with E-state index in [9.17, 15) is 0 Å². The van der Waals surface area contributed by atoms with Gasteiger partial charge in [0.2, 0.25) is 0 Å². The molecule has 3 heteroatoms. The summed E-state index contributed by atoms with van der Waals surface area (Å²) in [6.45, 7) is 1.22. The first-order chi connectivity index (χ1) is 6.81. The second-order valence-corrected chi connectivity index (χ2v) is 4.60. The molecule has 0 unspecified atom stereocenters. The van der Waals surface area contributed by atoms with Crippen LogP contribution < -0.4 is 0 Å². The van der Waals surface area contributed by atoms with Gasteiger partial charge in [-0.25, -0.2) is 4.98 Å². The predicted molar refractivity (Wildman–Crippen MR) is 60.6 cm³/mol. The van der Waals surface area contributed by atoms with Gasteiger partial charge in [0, 0.05) is 12.2 Å². The average molecular weight is 208 g/mol. The summed E-state index contributed by atoms with van der Waals surface area (Å²) in [5, 5.41) is 1.11. The zero-order valence-electron chi connectivity index (χ0n) is 8.73. The van der Waals surface area contributed by atoms with Gasteiger partial charge in [-0.3, -0.25) is 4.90 Å². The lowest BCUT2D eigenvalue weighted by Crippen LogP contribution is -2.17. The molecule has 2 nitrogen and oxygen atoms in total. The van der Waals surface area contributed by atoms with Crippen molar-refractivity contribution in [3.63, 3.8) is 0 Å². The maximum atomic E-state index is 4.41. The smallest absolute Gasteiger partial charge is 0.0957 e. The van der Waals surface area contributed by atoms with Crippen LogP contribution in [0.15, 0.2) is 23.4 Å². The van der Waals surface area contributed by atoms with E-state index in [4.69, 9.17) is 0 Å². The van der Waals surface area contributed by atoms with Crippen LogP contribution in [0.5, 0.6) is 0 Å². The Labute approximate surface area is 89.7 Å². The number of hydrogen-bond donors (Lipinski definition) is 0. The molecule has 1 aromatic heterocycles. The summed E-state index contributed by atoms with van der Waals surface area (Å²) >= 11 is 1.70. The normalized spacial score (nSPS) is 22.9. The van der Waals surface area contributed by atoms with Crippen LogP contribution in [0.25, 0.3) is 0 Å². The fraction of sp³-hybridized carbons (Fsp3) is 0.545. The summed E-state index contributed by atoms with van der Waals surface area (Å²) in [5.41, 5.74) is 1.36. The molecule has 1 aliphatic rings. The number of aromatic nitrogens is 1. The Balaban J connectivity index is 2.16. The van der Waals surface area contributed by atoms with E-state index in [0.29, 0.717) is 6.04 Å². The summed E-state index contributed by atoms with van der Waals surface area (Å²) in [4.78, 5) is 6.82. The summed E-state index contributed by atoms with van der Waals surface area (Å²) in [7, 11) is 2.19. The van der Waals surface area contributed by atoms with E-state index < -0.39 is 0 Å². The van der Waals surface area contributed by atoms with Gasteiger partial charge in [0.1, 0.15) is 0 Å². The molecule has 2 rings (SSSR count). The highest BCUT2D eigenvalue weighted by Crippen LogP contribution is 2.30. The Morgan fingerprint density at radius 2 is 2.36 bits per heavy atom. The third-order valence-corrected chi connectivity index (χ3v) is 3.53. The van der Waals surface area contributed by atoms with Crippen LogP contribution in [0, 0.1) is 0 Å². The van der Waals surface area contributed by atoms with Gasteiger partial charge < -0.3 is 0 Å². The van der Waals surface area contributed by atoms with Gasteiger partial charge in [0.05, 0.1) is 5.03 Å². The van der Waals surface area contributed by atoms with Gasteiger partial charge in [0.25, 0.3) is 0 Å². The highest BCUT2D eigenvalue weighted by molar-refractivity contribution is 7.98. The molecule has 0 N–H and O–H groups in total. The molecule has 0 saturated carbocycles. The minimum absolute atomic E-state index is 0.596. The zero-order valence-corrected chi connectivity index (χ0v) is 9.55. The molecule has 0 amide bonds. The van der Waals surface area contributed by atoms with Crippen LogP contribution >= 0.6 is 11.8 Å². The van der Waals surface area contributed by atoms with Crippen molar-refractivity contribution in [2.45, 2.75) is 23.9 Å². The highest BCUT2D eigenvalue weighted by Gasteiger charge is 2.22. The maximum Gasteiger partial charge on any atom is 0.0957 e. The van der Waals surface area contributed by atoms with Gasteiger partial charge in [-0.15, -0.1) is 11.8 Å². The van der Waals surface area contributed by atoms with Crippen LogP contribution in [-0.2, 0) is 0 Å². The molecule has 1 aromatic rings. The van der Waals surface area contributed by atoms with Crippen molar-refractivity contribution in [3.05, 3.63) is 23.9 Å². The molecule has 76 valence electrons. The van der Waals surface area contributed by atoms with Crippen molar-refractivity contribution in [1.82, 2.24) is 9.88 Å². The van der Waals surface area contributed by atoms with E-state index in [1.807, 2.05) is 6.20 Å². The molecule has 1 fully saturated rings. The average Bonchev–Trinajstić information content (AvgIpc) is 2.65. The molecule has 0 radical (unpaired) electrons. The van der Waals surface area contributed by atoms with E-state index in [1.165, 1.54) is 24.9 Å². The van der Waals surface area contributed by atoms with Crippen LogP contribution in [0.1, 0.15) is 24.4 Å². The van der Waals surface area contributed by atoms with Crippen LogP contribution in [0.2, 0.25) is 0 Å². The predicted octanol–water partition coefficient (Wildman–Crippen LogP) is 2.57. The SMILES string of the molecule is CSc1ccc([C@@H]2CCCN2C)cn1. The van der Waals surface area contributed by atoms with Gasteiger partial charge in [-0.1, -0.05) is 6.07 Å². The summed E-state index contributed by atoms with van der Waals surface area (Å²) in [5.74, 6) is 0. The summed E-state index contributed by atoms with van der Waals surface area (Å²) < 4.78 is 0. The van der Waals surface area contributed by atoms with Crippen molar-refractivity contribution in [3.8, 4) is 0 Å². The molecular formula is C11H16N2S. The minimum Gasteiger partial charge on any atom is -0.299 e. The molecule has 0 aliphatic carbocycles. The first-order valence-corrected chi connectivity index (χ1v) is 6.24. The standard InChI is InChI=1S/C11H16N2S/c1-13-7-3-4-10(13)9-5-6-11(14-2)12-8-9/h5-6,8,10H,3-4,7H2,1-2H3/t10-/m0/s1. The topological polar surface area (TPSA) is 16.1 Å². The quantitative estimate of drug-likeness (QED) is 0.695. The fourth-order valence-electron chi connectivity index (χ4n) is 2.04. The molecular weight excluding hydrogens is 192 g/mol. The Kier molecular flexibility index (Phi) is 3.08. The van der Waals surface area contributed by atoms with Crippen molar-refractivity contribution >= 4 is 11.8 Å². The van der Waals surface area contributed by atoms with E-state index in [1.54, 1.807) is 11.8 Å². The third-order valence-electron chi connectivity index (χ3n) is 2.87. The fourth-order valence-corrected chi connectivity index (χ4v) is 2.40. The Bertz CT molecular complexity index is 297. The van der Waals surface area contributed by atoms with E-state index >= 15 is 0 Å². The van der Waals surface area contributed by atoms with Crippen molar-refractivity contribution in [2.75, 3.05) is 19.8 Å². The number of rotatable bonds is 2. The minimum atomic E-state index is 0.596. The molecule has 1 aliphatic heterocycles. The lowest BCUT2D eigenvalue weighted by Gasteiger charge is -2.19. The number of likely N-dealkylation sites (tertiary alicyclic amines) is 1. The van der Waals surface area contributed by atoms with Crippen LogP contribution in [0.3, 0.4) is 0 Å². The zero-order chi connectivity index (χ0) is 9.97. The van der Waals surface area contributed by atoms with Crippen molar-refractivity contribution < 1.29 is 0 Å². The number of thioether (sulfide) groups is 1. The Hall–Kier alpha value is -0.540. The van der Waals surface area contributed by atoms with Crippen molar-refractivity contribution in [2.24, 2.45) is 0 Å². The third kappa shape index (κ3) is 1.93. The summed E-state index contributed by atoms with van der Waals surface area (Å²) in [6.07, 6.45) is 6.67. The second kappa shape index (κ2) is 4.32. The van der Waals surface area contributed by atoms with Gasteiger partial charge in [0.15, 0.2) is 0 Å². The van der Waals surface area contributed by atoms with Crippen molar-refractivity contribution in [1.29, 1.82) is 0 Å². The lowest BCUT2D eigenvalue weighted by molar-refractivity contribution is 0.317. The van der Waals surface area contributed by atoms with E-state index in [-0.39, 0.29) is 0 Å². The number of nitrogens with zero attached hydrogens (tertiary/aromatic N) is 2. The Morgan fingerprint density at radius 3 is 2.86 bits per heavy atom. The van der Waals surface area contributed by atoms with Gasteiger partial charge >= 0.3 is 0 Å². The largest absolute Gasteiger partial charge is 0.299 e. The highest BCUT2D eigenvalue weighted by atomic mass is 32.2. The monoisotopic (exact) mass is 208 g/mol. The molecule has 14 heavy (non-hydrogen) atoms. The number of hydrogen-bond acceptors (Lipinski definition) is 3. The Morgan fingerprint density at radius 1 is 1.50 bits per heavy atom. The van der Waals surface area contributed by atoms with Crippen LogP contribution in [-0.4, -0.2) is 29.7 Å². The molecule has 1 atom stereocenters.